The molecule has 3 aromatic rings. The molecule has 0 saturated carbocycles. The minimum Gasteiger partial charge on any atom is -0.383 e. The van der Waals surface area contributed by atoms with Crippen LogP contribution < -0.4 is 10.6 Å². The van der Waals surface area contributed by atoms with E-state index in [1.165, 1.54) is 6.07 Å². The van der Waals surface area contributed by atoms with Crippen LogP contribution in [0, 0.1) is 11.6 Å². The summed E-state index contributed by atoms with van der Waals surface area (Å²) >= 11 is 0. The number of rotatable bonds is 10. The molecule has 1 aliphatic heterocycles. The number of carbonyl (C=O) groups is 1. The van der Waals surface area contributed by atoms with Gasteiger partial charge in [0.2, 0.25) is 0 Å². The molecule has 0 spiro atoms. The zero-order valence-corrected chi connectivity index (χ0v) is 19.5. The summed E-state index contributed by atoms with van der Waals surface area (Å²) in [4.78, 5) is 14.8. The summed E-state index contributed by atoms with van der Waals surface area (Å²) < 4.78 is 38.1. The predicted octanol–water partition coefficient (Wildman–Crippen LogP) is 3.64. The van der Waals surface area contributed by atoms with Gasteiger partial charge in [-0.1, -0.05) is 36.4 Å². The fourth-order valence-corrected chi connectivity index (χ4v) is 4.19. The van der Waals surface area contributed by atoms with Crippen LogP contribution in [-0.2, 0) is 22.7 Å². The Kier molecular flexibility index (Phi) is 8.40. The van der Waals surface area contributed by atoms with Gasteiger partial charge in [0.15, 0.2) is 11.6 Å². The van der Waals surface area contributed by atoms with Crippen molar-refractivity contribution in [3.8, 4) is 0 Å². The SMILES string of the molecule is COCCN1C[C@@H](NC(=O)Nc2cc(COCc3ccccc3)n[nH]2)[C@H](c2ccc(F)c(F)c2)C1. The Morgan fingerprint density at radius 3 is 2.71 bits per heavy atom. The summed E-state index contributed by atoms with van der Waals surface area (Å²) in [6.45, 7) is 3.11. The lowest BCUT2D eigenvalue weighted by Crippen LogP contribution is -2.42. The number of H-pyrrole nitrogens is 1. The monoisotopic (exact) mass is 485 g/mol. The van der Waals surface area contributed by atoms with Gasteiger partial charge in [-0.25, -0.2) is 13.6 Å². The van der Waals surface area contributed by atoms with E-state index in [1.54, 1.807) is 19.2 Å². The van der Waals surface area contributed by atoms with Crippen molar-refractivity contribution >= 4 is 11.8 Å². The van der Waals surface area contributed by atoms with Gasteiger partial charge in [0.05, 0.1) is 31.6 Å². The number of halogens is 2. The van der Waals surface area contributed by atoms with Crippen LogP contribution in [0.3, 0.4) is 0 Å². The fraction of sp³-hybridized carbons (Fsp3) is 0.360. The van der Waals surface area contributed by atoms with Crippen molar-refractivity contribution in [3.05, 3.63) is 83.1 Å². The zero-order chi connectivity index (χ0) is 24.6. The van der Waals surface area contributed by atoms with Crippen LogP contribution in [0.15, 0.2) is 54.6 Å². The van der Waals surface area contributed by atoms with Gasteiger partial charge in [0, 0.05) is 38.7 Å². The van der Waals surface area contributed by atoms with Gasteiger partial charge < -0.3 is 14.8 Å². The highest BCUT2D eigenvalue weighted by Crippen LogP contribution is 2.29. The van der Waals surface area contributed by atoms with Gasteiger partial charge in [-0.2, -0.15) is 5.10 Å². The fourth-order valence-electron chi connectivity index (χ4n) is 4.19. The van der Waals surface area contributed by atoms with E-state index in [-0.39, 0.29) is 12.0 Å². The lowest BCUT2D eigenvalue weighted by Gasteiger charge is -2.20. The van der Waals surface area contributed by atoms with E-state index in [0.717, 1.165) is 11.6 Å². The maximum Gasteiger partial charge on any atom is 0.320 e. The smallest absolute Gasteiger partial charge is 0.320 e. The van der Waals surface area contributed by atoms with Gasteiger partial charge in [0.25, 0.3) is 0 Å². The molecule has 2 aromatic carbocycles. The van der Waals surface area contributed by atoms with E-state index in [2.05, 4.69) is 25.7 Å². The third-order valence-electron chi connectivity index (χ3n) is 5.94. The Morgan fingerprint density at radius 1 is 1.11 bits per heavy atom. The summed E-state index contributed by atoms with van der Waals surface area (Å²) in [5, 5.41) is 12.7. The van der Waals surface area contributed by atoms with Crippen LogP contribution in [-0.4, -0.2) is 60.5 Å². The van der Waals surface area contributed by atoms with Crippen molar-refractivity contribution in [1.29, 1.82) is 0 Å². The first-order valence-corrected chi connectivity index (χ1v) is 11.4. The van der Waals surface area contributed by atoms with Crippen LogP contribution in [0.4, 0.5) is 19.4 Å². The Labute approximate surface area is 202 Å². The first kappa shape index (κ1) is 24.8. The van der Waals surface area contributed by atoms with Gasteiger partial charge in [-0.15, -0.1) is 0 Å². The van der Waals surface area contributed by atoms with Crippen molar-refractivity contribution < 1.29 is 23.0 Å². The number of methoxy groups -OCH3 is 1. The minimum absolute atomic E-state index is 0.198. The average Bonchev–Trinajstić information content (AvgIpc) is 3.46. The molecule has 2 heterocycles. The molecule has 0 bridgehead atoms. The lowest BCUT2D eigenvalue weighted by molar-refractivity contribution is 0.104. The summed E-state index contributed by atoms with van der Waals surface area (Å²) in [7, 11) is 1.62. The molecule has 8 nitrogen and oxygen atoms in total. The number of hydrogen-bond acceptors (Lipinski definition) is 5. The average molecular weight is 486 g/mol. The predicted molar refractivity (Wildman–Crippen MR) is 127 cm³/mol. The number of amides is 2. The number of benzene rings is 2. The van der Waals surface area contributed by atoms with E-state index in [1.807, 2.05) is 30.3 Å². The van der Waals surface area contributed by atoms with Crippen LogP contribution in [0.25, 0.3) is 0 Å². The van der Waals surface area contributed by atoms with Crippen molar-refractivity contribution in [3.63, 3.8) is 0 Å². The summed E-state index contributed by atoms with van der Waals surface area (Å²) in [6.07, 6.45) is 0. The van der Waals surface area contributed by atoms with Crippen LogP contribution >= 0.6 is 0 Å². The van der Waals surface area contributed by atoms with Crippen LogP contribution in [0.1, 0.15) is 22.7 Å². The number of aromatic nitrogens is 2. The topological polar surface area (TPSA) is 91.5 Å². The summed E-state index contributed by atoms with van der Waals surface area (Å²) in [5.74, 6) is -1.57. The highest BCUT2D eigenvalue weighted by Gasteiger charge is 2.35. The number of nitrogens with one attached hydrogen (secondary N) is 3. The molecule has 0 aliphatic carbocycles. The second-order valence-corrected chi connectivity index (χ2v) is 8.49. The standard InChI is InChI=1S/C25H29F2N5O3/c1-34-10-9-32-13-20(18-7-8-21(26)22(27)11-18)23(14-32)28-25(33)29-24-12-19(30-31-24)16-35-15-17-5-3-2-4-6-17/h2-8,11-12,20,23H,9-10,13-16H2,1H3,(H3,28,29,30,31,33)/t20-,23+/m0/s1. The number of hydrogen-bond donors (Lipinski definition) is 3. The molecule has 35 heavy (non-hydrogen) atoms. The second-order valence-electron chi connectivity index (χ2n) is 8.49. The molecule has 2 atom stereocenters. The molecule has 2 amide bonds. The Bertz CT molecular complexity index is 1110. The first-order chi connectivity index (χ1) is 17.0. The van der Waals surface area contributed by atoms with Crippen LogP contribution in [0.2, 0.25) is 0 Å². The Hall–Kier alpha value is -3.34. The molecule has 1 fully saturated rings. The highest BCUT2D eigenvalue weighted by atomic mass is 19.2. The zero-order valence-electron chi connectivity index (χ0n) is 19.5. The van der Waals surface area contributed by atoms with E-state index in [4.69, 9.17) is 9.47 Å². The Morgan fingerprint density at radius 2 is 1.94 bits per heavy atom. The normalized spacial score (nSPS) is 18.0. The molecule has 1 aliphatic rings. The first-order valence-electron chi connectivity index (χ1n) is 11.4. The molecule has 0 radical (unpaired) electrons. The van der Waals surface area contributed by atoms with Gasteiger partial charge >= 0.3 is 6.03 Å². The molecule has 1 saturated heterocycles. The molecular formula is C25H29F2N5O3. The Balaban J connectivity index is 1.33. The molecule has 1 aromatic heterocycles. The number of carbonyl (C=O) groups excluding carboxylic acids is 1. The van der Waals surface area contributed by atoms with Crippen molar-refractivity contribution in [2.45, 2.75) is 25.2 Å². The van der Waals surface area contributed by atoms with E-state index in [0.29, 0.717) is 56.5 Å². The molecule has 4 rings (SSSR count). The lowest BCUT2D eigenvalue weighted by atomic mass is 9.94. The number of aromatic amines is 1. The number of urea groups is 1. The van der Waals surface area contributed by atoms with E-state index >= 15 is 0 Å². The number of nitrogens with zero attached hydrogens (tertiary/aromatic N) is 2. The maximum absolute atomic E-state index is 13.9. The van der Waals surface area contributed by atoms with Gasteiger partial charge in [0.1, 0.15) is 5.82 Å². The number of likely N-dealkylation sites (tertiary alicyclic amines) is 1. The maximum atomic E-state index is 13.9. The van der Waals surface area contributed by atoms with E-state index in [9.17, 15) is 13.6 Å². The van der Waals surface area contributed by atoms with Crippen molar-refractivity contribution in [2.24, 2.45) is 0 Å². The van der Waals surface area contributed by atoms with Crippen molar-refractivity contribution in [2.75, 3.05) is 38.7 Å². The van der Waals surface area contributed by atoms with Crippen molar-refractivity contribution in [1.82, 2.24) is 20.4 Å². The molecule has 0 unspecified atom stereocenters. The molecule has 186 valence electrons. The third-order valence-corrected chi connectivity index (χ3v) is 5.94. The molecule has 10 heteroatoms. The third kappa shape index (κ3) is 6.84. The van der Waals surface area contributed by atoms with Gasteiger partial charge in [-0.3, -0.25) is 15.3 Å². The molecule has 3 N–H and O–H groups in total. The molecular weight excluding hydrogens is 456 g/mol. The second kappa shape index (κ2) is 11.9. The van der Waals surface area contributed by atoms with Crippen LogP contribution in [0.5, 0.6) is 0 Å². The summed E-state index contributed by atoms with van der Waals surface area (Å²) in [5.41, 5.74) is 2.35. The number of anilines is 1. The largest absolute Gasteiger partial charge is 0.383 e. The quantitative estimate of drug-likeness (QED) is 0.408. The van der Waals surface area contributed by atoms with Gasteiger partial charge in [-0.05, 0) is 23.3 Å². The summed E-state index contributed by atoms with van der Waals surface area (Å²) in [6, 6.07) is 14.7. The minimum atomic E-state index is -0.902. The van der Waals surface area contributed by atoms with E-state index < -0.39 is 17.7 Å². The highest BCUT2D eigenvalue weighted by molar-refractivity contribution is 5.88. The number of ether oxygens (including phenoxy) is 2.